The Labute approximate surface area is 86.9 Å². The zero-order valence-corrected chi connectivity index (χ0v) is 9.05. The van der Waals surface area contributed by atoms with Gasteiger partial charge in [-0.25, -0.2) is 0 Å². The van der Waals surface area contributed by atoms with Crippen molar-refractivity contribution in [2.75, 3.05) is 6.61 Å². The molecule has 13 heavy (non-hydrogen) atoms. The molecule has 0 spiro atoms. The molecular weight excluding hydrogens is 228 g/mol. The number of halogens is 1. The van der Waals surface area contributed by atoms with Crippen molar-refractivity contribution in [3.63, 3.8) is 0 Å². The van der Waals surface area contributed by atoms with E-state index in [-0.39, 0.29) is 0 Å². The van der Waals surface area contributed by atoms with E-state index in [2.05, 4.69) is 34.1 Å². The Bertz CT molecular complexity index is 309. The monoisotopic (exact) mass is 240 g/mol. The minimum absolute atomic E-state index is 0.302. The van der Waals surface area contributed by atoms with E-state index in [4.69, 9.17) is 5.11 Å². The van der Waals surface area contributed by atoms with Crippen molar-refractivity contribution in [2.45, 2.75) is 25.2 Å². The largest absolute Gasteiger partial charge is 0.396 e. The van der Waals surface area contributed by atoms with Gasteiger partial charge in [-0.2, -0.15) is 0 Å². The summed E-state index contributed by atoms with van der Waals surface area (Å²) in [4.78, 5) is 0. The van der Waals surface area contributed by atoms with Crippen molar-refractivity contribution < 1.29 is 5.11 Å². The van der Waals surface area contributed by atoms with Crippen LogP contribution in [0.3, 0.4) is 0 Å². The van der Waals surface area contributed by atoms with Gasteiger partial charge < -0.3 is 5.11 Å². The summed E-state index contributed by atoms with van der Waals surface area (Å²) >= 11 is 3.56. The lowest BCUT2D eigenvalue weighted by molar-refractivity contribution is 0.275. The standard InChI is InChI=1S/C11H13BrO/c12-11-3-1-2-9-8(6-7-13)4-5-10(9)11/h1-3,8,13H,4-7H2. The van der Waals surface area contributed by atoms with Crippen LogP contribution < -0.4 is 0 Å². The normalized spacial score (nSPS) is 20.3. The van der Waals surface area contributed by atoms with Gasteiger partial charge in [-0.05, 0) is 42.4 Å². The number of hydrogen-bond acceptors (Lipinski definition) is 1. The van der Waals surface area contributed by atoms with Crippen LogP contribution in [0.5, 0.6) is 0 Å². The number of rotatable bonds is 2. The van der Waals surface area contributed by atoms with Crippen LogP contribution in [-0.4, -0.2) is 11.7 Å². The van der Waals surface area contributed by atoms with Gasteiger partial charge in [0.2, 0.25) is 0 Å². The van der Waals surface area contributed by atoms with Gasteiger partial charge in [0.05, 0.1) is 0 Å². The molecule has 2 heteroatoms. The summed E-state index contributed by atoms with van der Waals surface area (Å²) in [7, 11) is 0. The molecule has 0 bridgehead atoms. The van der Waals surface area contributed by atoms with Crippen molar-refractivity contribution >= 4 is 15.9 Å². The molecule has 1 unspecified atom stereocenters. The first kappa shape index (κ1) is 9.22. The van der Waals surface area contributed by atoms with Gasteiger partial charge in [0.15, 0.2) is 0 Å². The topological polar surface area (TPSA) is 20.2 Å². The molecule has 0 heterocycles. The summed E-state index contributed by atoms with van der Waals surface area (Å²) in [6, 6.07) is 6.37. The number of benzene rings is 1. The summed E-state index contributed by atoms with van der Waals surface area (Å²) in [5.41, 5.74) is 2.88. The van der Waals surface area contributed by atoms with Gasteiger partial charge in [-0.15, -0.1) is 0 Å². The maximum absolute atomic E-state index is 8.91. The van der Waals surface area contributed by atoms with Crippen LogP contribution in [0, 0.1) is 0 Å². The highest BCUT2D eigenvalue weighted by molar-refractivity contribution is 9.10. The molecule has 1 aliphatic rings. The Hall–Kier alpha value is -0.340. The Kier molecular flexibility index (Phi) is 2.70. The van der Waals surface area contributed by atoms with Crippen molar-refractivity contribution in [3.05, 3.63) is 33.8 Å². The Balaban J connectivity index is 2.32. The van der Waals surface area contributed by atoms with Crippen LogP contribution in [0.4, 0.5) is 0 Å². The number of aliphatic hydroxyl groups is 1. The predicted octanol–water partition coefficient (Wildman–Crippen LogP) is 2.86. The van der Waals surface area contributed by atoms with E-state index < -0.39 is 0 Å². The third-order valence-electron chi connectivity index (χ3n) is 2.82. The second kappa shape index (κ2) is 3.81. The molecular formula is C11H13BrO. The maximum atomic E-state index is 8.91. The van der Waals surface area contributed by atoms with E-state index in [1.807, 2.05) is 0 Å². The van der Waals surface area contributed by atoms with Crippen LogP contribution in [0.25, 0.3) is 0 Å². The smallest absolute Gasteiger partial charge is 0.0436 e. The van der Waals surface area contributed by atoms with Gasteiger partial charge in [0, 0.05) is 11.1 Å². The van der Waals surface area contributed by atoms with E-state index in [0.29, 0.717) is 12.5 Å². The Morgan fingerprint density at radius 1 is 1.46 bits per heavy atom. The number of aliphatic hydroxyl groups excluding tert-OH is 1. The highest BCUT2D eigenvalue weighted by atomic mass is 79.9. The number of fused-ring (bicyclic) bond motifs is 1. The minimum Gasteiger partial charge on any atom is -0.396 e. The van der Waals surface area contributed by atoms with Crippen LogP contribution in [0.1, 0.15) is 29.9 Å². The molecule has 1 aromatic rings. The Morgan fingerprint density at radius 3 is 3.08 bits per heavy atom. The van der Waals surface area contributed by atoms with Crippen molar-refractivity contribution in [1.82, 2.24) is 0 Å². The lowest BCUT2D eigenvalue weighted by Gasteiger charge is -2.09. The quantitative estimate of drug-likeness (QED) is 0.844. The van der Waals surface area contributed by atoms with Gasteiger partial charge in [0.1, 0.15) is 0 Å². The molecule has 1 N–H and O–H groups in total. The van der Waals surface area contributed by atoms with E-state index >= 15 is 0 Å². The second-order valence-corrected chi connectivity index (χ2v) is 4.41. The van der Waals surface area contributed by atoms with Gasteiger partial charge in [-0.1, -0.05) is 28.1 Å². The van der Waals surface area contributed by atoms with Crippen molar-refractivity contribution in [2.24, 2.45) is 0 Å². The fourth-order valence-corrected chi connectivity index (χ4v) is 2.73. The first-order chi connectivity index (χ1) is 6.33. The van der Waals surface area contributed by atoms with Gasteiger partial charge >= 0.3 is 0 Å². The molecule has 0 saturated heterocycles. The molecule has 1 atom stereocenters. The molecule has 1 aliphatic carbocycles. The highest BCUT2D eigenvalue weighted by Gasteiger charge is 2.22. The summed E-state index contributed by atoms with van der Waals surface area (Å²) < 4.78 is 1.23. The summed E-state index contributed by atoms with van der Waals surface area (Å²) in [6.45, 7) is 0.302. The summed E-state index contributed by atoms with van der Waals surface area (Å²) in [5.74, 6) is 0.581. The van der Waals surface area contributed by atoms with Gasteiger partial charge in [-0.3, -0.25) is 0 Å². The highest BCUT2D eigenvalue weighted by Crippen LogP contribution is 2.38. The molecule has 0 fully saturated rings. The lowest BCUT2D eigenvalue weighted by atomic mass is 9.98. The molecule has 0 radical (unpaired) electrons. The van der Waals surface area contributed by atoms with E-state index in [1.54, 1.807) is 0 Å². The zero-order valence-electron chi connectivity index (χ0n) is 7.46. The second-order valence-electron chi connectivity index (χ2n) is 3.56. The van der Waals surface area contributed by atoms with Gasteiger partial charge in [0.25, 0.3) is 0 Å². The molecule has 0 amide bonds. The molecule has 0 aromatic heterocycles. The molecule has 0 saturated carbocycles. The maximum Gasteiger partial charge on any atom is 0.0436 e. The summed E-state index contributed by atoms with van der Waals surface area (Å²) in [6.07, 6.45) is 3.25. The molecule has 2 rings (SSSR count). The van der Waals surface area contributed by atoms with Crippen LogP contribution in [0.2, 0.25) is 0 Å². The van der Waals surface area contributed by atoms with E-state index in [1.165, 1.54) is 22.0 Å². The van der Waals surface area contributed by atoms with Crippen LogP contribution in [-0.2, 0) is 6.42 Å². The molecule has 1 nitrogen and oxygen atoms in total. The van der Waals surface area contributed by atoms with E-state index in [0.717, 1.165) is 12.8 Å². The third-order valence-corrected chi connectivity index (χ3v) is 3.56. The SMILES string of the molecule is OCCC1CCc2c(Br)cccc21. The zero-order chi connectivity index (χ0) is 9.26. The van der Waals surface area contributed by atoms with Crippen molar-refractivity contribution in [3.8, 4) is 0 Å². The summed E-state index contributed by atoms with van der Waals surface area (Å²) in [5, 5.41) is 8.91. The van der Waals surface area contributed by atoms with Crippen LogP contribution in [0.15, 0.2) is 22.7 Å². The van der Waals surface area contributed by atoms with Crippen molar-refractivity contribution in [1.29, 1.82) is 0 Å². The molecule has 1 aromatic carbocycles. The Morgan fingerprint density at radius 2 is 2.31 bits per heavy atom. The molecule has 70 valence electrons. The minimum atomic E-state index is 0.302. The average Bonchev–Trinajstić information content (AvgIpc) is 2.51. The average molecular weight is 241 g/mol. The predicted molar refractivity (Wildman–Crippen MR) is 56.9 cm³/mol. The third kappa shape index (κ3) is 1.65. The fraction of sp³-hybridized carbons (Fsp3) is 0.455. The van der Waals surface area contributed by atoms with E-state index in [9.17, 15) is 0 Å². The first-order valence-electron chi connectivity index (χ1n) is 4.71. The fourth-order valence-electron chi connectivity index (χ4n) is 2.15. The van der Waals surface area contributed by atoms with Crippen LogP contribution >= 0.6 is 15.9 Å². The first-order valence-corrected chi connectivity index (χ1v) is 5.50. The number of hydrogen-bond donors (Lipinski definition) is 1. The molecule has 0 aliphatic heterocycles. The lowest BCUT2D eigenvalue weighted by Crippen LogP contribution is -1.96.